The quantitative estimate of drug-likeness (QED) is 0.802. The molecule has 2 N–H and O–H groups in total. The summed E-state index contributed by atoms with van der Waals surface area (Å²) < 4.78 is 0. The number of aliphatic carboxylic acids is 1. The van der Waals surface area contributed by atoms with E-state index in [4.69, 9.17) is 5.11 Å². The molecule has 0 saturated carbocycles. The van der Waals surface area contributed by atoms with Crippen molar-refractivity contribution in [2.24, 2.45) is 11.8 Å². The number of hydrogen-bond donors (Lipinski definition) is 2. The van der Waals surface area contributed by atoms with Crippen LogP contribution in [0.5, 0.6) is 0 Å². The highest BCUT2D eigenvalue weighted by Gasteiger charge is 2.20. The first-order valence-corrected chi connectivity index (χ1v) is 6.98. The molecule has 1 rings (SSSR count). The third kappa shape index (κ3) is 5.43. The van der Waals surface area contributed by atoms with Crippen LogP contribution in [0.4, 0.5) is 5.69 Å². The van der Waals surface area contributed by atoms with Crippen molar-refractivity contribution in [3.05, 3.63) is 29.8 Å². The van der Waals surface area contributed by atoms with Gasteiger partial charge in [0.05, 0.1) is 5.92 Å². The van der Waals surface area contributed by atoms with E-state index < -0.39 is 11.9 Å². The summed E-state index contributed by atoms with van der Waals surface area (Å²) in [6.07, 6.45) is 1.22. The molecule has 0 bridgehead atoms. The second-order valence-corrected chi connectivity index (χ2v) is 5.57. The van der Waals surface area contributed by atoms with Crippen LogP contribution in [0.15, 0.2) is 24.3 Å². The van der Waals surface area contributed by atoms with Crippen LogP contribution >= 0.6 is 0 Å². The van der Waals surface area contributed by atoms with Gasteiger partial charge in [0, 0.05) is 12.1 Å². The Morgan fingerprint density at radius 3 is 2.45 bits per heavy atom. The lowest BCUT2D eigenvalue weighted by Gasteiger charge is -2.14. The van der Waals surface area contributed by atoms with Crippen LogP contribution in [0.3, 0.4) is 0 Å². The molecule has 4 nitrogen and oxygen atoms in total. The summed E-state index contributed by atoms with van der Waals surface area (Å²) in [6.45, 7) is 5.90. The number of carbonyl (C=O) groups is 2. The minimum atomic E-state index is -0.817. The van der Waals surface area contributed by atoms with Gasteiger partial charge in [-0.05, 0) is 37.3 Å². The normalized spacial score (nSPS) is 12.2. The zero-order valence-corrected chi connectivity index (χ0v) is 12.3. The Morgan fingerprint density at radius 1 is 1.25 bits per heavy atom. The Morgan fingerprint density at radius 2 is 1.90 bits per heavy atom. The Bertz CT molecular complexity index is 469. The molecule has 20 heavy (non-hydrogen) atoms. The molecule has 0 aromatic heterocycles. The Labute approximate surface area is 120 Å². The van der Waals surface area contributed by atoms with Gasteiger partial charge in [-0.2, -0.15) is 0 Å². The lowest BCUT2D eigenvalue weighted by molar-refractivity contribution is -0.142. The van der Waals surface area contributed by atoms with E-state index in [1.807, 2.05) is 45.0 Å². The molecule has 0 aliphatic rings. The van der Waals surface area contributed by atoms with Gasteiger partial charge in [-0.15, -0.1) is 0 Å². The summed E-state index contributed by atoms with van der Waals surface area (Å²) in [4.78, 5) is 23.0. The van der Waals surface area contributed by atoms with E-state index in [-0.39, 0.29) is 12.3 Å². The van der Waals surface area contributed by atoms with Crippen molar-refractivity contribution in [2.45, 2.75) is 40.0 Å². The van der Waals surface area contributed by atoms with Crippen molar-refractivity contribution in [3.8, 4) is 0 Å². The van der Waals surface area contributed by atoms with Gasteiger partial charge in [0.2, 0.25) is 5.91 Å². The summed E-state index contributed by atoms with van der Waals surface area (Å²) in [5, 5.41) is 12.0. The van der Waals surface area contributed by atoms with Gasteiger partial charge < -0.3 is 10.4 Å². The third-order valence-electron chi connectivity index (χ3n) is 3.24. The highest BCUT2D eigenvalue weighted by Crippen LogP contribution is 2.19. The predicted octanol–water partition coefficient (Wildman–Crippen LogP) is 3.46. The van der Waals surface area contributed by atoms with E-state index in [2.05, 4.69) is 5.32 Å². The largest absolute Gasteiger partial charge is 0.481 e. The molecule has 0 heterocycles. The standard InChI is InChI=1S/C16H23NO3/c1-11(2)10-13(16(19)20)8-9-15(18)17-14-7-5-4-6-12(14)3/h4-7,11,13H,8-10H2,1-3H3,(H,17,18)(H,19,20)/t13-/m0/s1. The molecule has 0 aliphatic carbocycles. The highest BCUT2D eigenvalue weighted by atomic mass is 16.4. The number of carbonyl (C=O) groups excluding carboxylic acids is 1. The average molecular weight is 277 g/mol. The van der Waals surface area contributed by atoms with Crippen molar-refractivity contribution in [1.82, 2.24) is 0 Å². The van der Waals surface area contributed by atoms with Gasteiger partial charge in [0.15, 0.2) is 0 Å². The number of carboxylic acid groups (broad SMARTS) is 1. The van der Waals surface area contributed by atoms with Gasteiger partial charge in [-0.3, -0.25) is 9.59 Å². The summed E-state index contributed by atoms with van der Waals surface area (Å²) in [5.41, 5.74) is 1.78. The van der Waals surface area contributed by atoms with Crippen molar-refractivity contribution in [2.75, 3.05) is 5.32 Å². The number of hydrogen-bond acceptors (Lipinski definition) is 2. The first-order valence-electron chi connectivity index (χ1n) is 6.98. The number of nitrogens with one attached hydrogen (secondary N) is 1. The van der Waals surface area contributed by atoms with Crippen LogP contribution in [0, 0.1) is 18.8 Å². The van der Waals surface area contributed by atoms with Gasteiger partial charge in [0.1, 0.15) is 0 Å². The SMILES string of the molecule is Cc1ccccc1NC(=O)CC[C@@H](CC(C)C)C(=O)O. The molecule has 0 radical (unpaired) electrons. The van der Waals surface area contributed by atoms with E-state index in [1.54, 1.807) is 0 Å². The monoisotopic (exact) mass is 277 g/mol. The highest BCUT2D eigenvalue weighted by molar-refractivity contribution is 5.91. The molecular formula is C16H23NO3. The van der Waals surface area contributed by atoms with Crippen molar-refractivity contribution in [3.63, 3.8) is 0 Å². The van der Waals surface area contributed by atoms with Crippen molar-refractivity contribution in [1.29, 1.82) is 0 Å². The molecule has 1 atom stereocenters. The average Bonchev–Trinajstić information content (AvgIpc) is 2.36. The van der Waals surface area contributed by atoms with Crippen LogP contribution in [0.1, 0.15) is 38.7 Å². The van der Waals surface area contributed by atoms with Gasteiger partial charge in [-0.25, -0.2) is 0 Å². The maximum atomic E-state index is 11.9. The number of rotatable bonds is 7. The molecular weight excluding hydrogens is 254 g/mol. The predicted molar refractivity (Wildman–Crippen MR) is 79.6 cm³/mol. The maximum Gasteiger partial charge on any atom is 0.306 e. The molecule has 0 saturated heterocycles. The third-order valence-corrected chi connectivity index (χ3v) is 3.24. The number of carboxylic acids is 1. The fraction of sp³-hybridized carbons (Fsp3) is 0.500. The second kappa shape index (κ2) is 7.68. The zero-order chi connectivity index (χ0) is 15.1. The first kappa shape index (κ1) is 16.2. The van der Waals surface area contributed by atoms with E-state index >= 15 is 0 Å². The van der Waals surface area contributed by atoms with Gasteiger partial charge >= 0.3 is 5.97 Å². The van der Waals surface area contributed by atoms with Crippen LogP contribution in [0.2, 0.25) is 0 Å². The fourth-order valence-corrected chi connectivity index (χ4v) is 2.14. The van der Waals surface area contributed by atoms with Crippen LogP contribution in [0.25, 0.3) is 0 Å². The van der Waals surface area contributed by atoms with E-state index in [9.17, 15) is 9.59 Å². The number of aryl methyl sites for hydroxylation is 1. The Hall–Kier alpha value is -1.84. The summed E-state index contributed by atoms with van der Waals surface area (Å²) >= 11 is 0. The first-order chi connectivity index (χ1) is 9.40. The Kier molecular flexibility index (Phi) is 6.22. The van der Waals surface area contributed by atoms with Crippen LogP contribution in [-0.4, -0.2) is 17.0 Å². The number of anilines is 1. The number of amides is 1. The Balaban J connectivity index is 2.50. The van der Waals surface area contributed by atoms with Gasteiger partial charge in [-0.1, -0.05) is 32.0 Å². The van der Waals surface area contributed by atoms with Crippen LogP contribution in [-0.2, 0) is 9.59 Å². The smallest absolute Gasteiger partial charge is 0.306 e. The summed E-state index contributed by atoms with van der Waals surface area (Å²) in [5.74, 6) is -1.08. The fourth-order valence-electron chi connectivity index (χ4n) is 2.14. The van der Waals surface area contributed by atoms with Gasteiger partial charge in [0.25, 0.3) is 0 Å². The summed E-state index contributed by atoms with van der Waals surface area (Å²) in [7, 11) is 0. The molecule has 110 valence electrons. The minimum absolute atomic E-state index is 0.130. The molecule has 1 aromatic rings. The zero-order valence-electron chi connectivity index (χ0n) is 12.3. The number of para-hydroxylation sites is 1. The van der Waals surface area contributed by atoms with Crippen molar-refractivity contribution < 1.29 is 14.7 Å². The number of benzene rings is 1. The van der Waals surface area contributed by atoms with E-state index in [0.29, 0.717) is 18.8 Å². The lowest BCUT2D eigenvalue weighted by Crippen LogP contribution is -2.20. The molecule has 1 amide bonds. The van der Waals surface area contributed by atoms with E-state index in [0.717, 1.165) is 11.3 Å². The molecule has 0 spiro atoms. The van der Waals surface area contributed by atoms with Crippen molar-refractivity contribution >= 4 is 17.6 Å². The topological polar surface area (TPSA) is 66.4 Å². The second-order valence-electron chi connectivity index (χ2n) is 5.57. The maximum absolute atomic E-state index is 11.9. The molecule has 0 fully saturated rings. The minimum Gasteiger partial charge on any atom is -0.481 e. The molecule has 0 aliphatic heterocycles. The van der Waals surface area contributed by atoms with Crippen LogP contribution < -0.4 is 5.32 Å². The molecule has 1 aromatic carbocycles. The lowest BCUT2D eigenvalue weighted by atomic mass is 9.93. The molecule has 0 unspecified atom stereocenters. The molecule has 4 heteroatoms. The van der Waals surface area contributed by atoms with E-state index in [1.165, 1.54) is 0 Å². The summed E-state index contributed by atoms with van der Waals surface area (Å²) in [6, 6.07) is 7.54.